The number of piperidine rings is 1. The molecule has 0 spiro atoms. The highest BCUT2D eigenvalue weighted by Crippen LogP contribution is 2.21. The highest BCUT2D eigenvalue weighted by Gasteiger charge is 2.19. The summed E-state index contributed by atoms with van der Waals surface area (Å²) >= 11 is 0. The van der Waals surface area contributed by atoms with Crippen molar-refractivity contribution in [1.82, 2.24) is 10.2 Å². The molecule has 0 radical (unpaired) electrons. The van der Waals surface area contributed by atoms with Crippen LogP contribution >= 0.6 is 0 Å². The molecular weight excluding hydrogens is 256 g/mol. The van der Waals surface area contributed by atoms with Gasteiger partial charge in [-0.15, -0.1) is 0 Å². The summed E-state index contributed by atoms with van der Waals surface area (Å²) < 4.78 is 0. The summed E-state index contributed by atoms with van der Waals surface area (Å²) in [6.45, 7) is 7.17. The zero-order chi connectivity index (χ0) is 14.5. The van der Waals surface area contributed by atoms with Gasteiger partial charge in [0.2, 0.25) is 0 Å². The zero-order valence-electron chi connectivity index (χ0n) is 13.5. The summed E-state index contributed by atoms with van der Waals surface area (Å²) in [5.74, 6) is 0.975. The highest BCUT2D eigenvalue weighted by atomic mass is 15.1. The Bertz CT molecular complexity index is 414. The third kappa shape index (κ3) is 4.82. The molecule has 1 aromatic rings. The zero-order valence-corrected chi connectivity index (χ0v) is 13.5. The first kappa shape index (κ1) is 15.1. The van der Waals surface area contributed by atoms with Gasteiger partial charge in [-0.25, -0.2) is 0 Å². The van der Waals surface area contributed by atoms with E-state index in [-0.39, 0.29) is 0 Å². The van der Waals surface area contributed by atoms with Crippen LogP contribution in [-0.2, 0) is 13.0 Å². The maximum atomic E-state index is 3.59. The molecule has 0 bridgehead atoms. The monoisotopic (exact) mass is 286 g/mol. The summed E-state index contributed by atoms with van der Waals surface area (Å²) in [6.07, 6.45) is 8.07. The Morgan fingerprint density at radius 3 is 2.29 bits per heavy atom. The molecule has 0 unspecified atom stereocenters. The average Bonchev–Trinajstić information content (AvgIpc) is 3.34. The average molecular weight is 286 g/mol. The minimum Gasteiger partial charge on any atom is -0.314 e. The van der Waals surface area contributed by atoms with Gasteiger partial charge in [-0.3, -0.25) is 4.90 Å². The van der Waals surface area contributed by atoms with E-state index in [4.69, 9.17) is 0 Å². The van der Waals surface area contributed by atoms with Crippen LogP contribution in [0.3, 0.4) is 0 Å². The molecule has 1 aliphatic carbocycles. The number of benzene rings is 1. The van der Waals surface area contributed by atoms with Crippen LogP contribution in [0.2, 0.25) is 0 Å². The first-order chi connectivity index (χ1) is 10.3. The highest BCUT2D eigenvalue weighted by molar-refractivity contribution is 5.22. The maximum Gasteiger partial charge on any atom is 0.0233 e. The molecule has 2 nitrogen and oxygen atoms in total. The Labute approximate surface area is 129 Å². The molecule has 1 saturated carbocycles. The van der Waals surface area contributed by atoms with Gasteiger partial charge in [0.25, 0.3) is 0 Å². The van der Waals surface area contributed by atoms with Gasteiger partial charge in [-0.1, -0.05) is 37.6 Å². The Morgan fingerprint density at radius 2 is 1.67 bits per heavy atom. The van der Waals surface area contributed by atoms with E-state index in [0.29, 0.717) is 0 Å². The van der Waals surface area contributed by atoms with Crippen molar-refractivity contribution in [3.05, 3.63) is 35.4 Å². The fraction of sp³-hybridized carbons (Fsp3) is 0.684. The van der Waals surface area contributed by atoms with Crippen molar-refractivity contribution in [3.63, 3.8) is 0 Å². The van der Waals surface area contributed by atoms with Gasteiger partial charge in [0.15, 0.2) is 0 Å². The Kier molecular flexibility index (Phi) is 5.32. The van der Waals surface area contributed by atoms with E-state index in [1.165, 1.54) is 62.7 Å². The smallest absolute Gasteiger partial charge is 0.0233 e. The minimum atomic E-state index is 0.829. The molecule has 116 valence electrons. The van der Waals surface area contributed by atoms with Gasteiger partial charge in [0, 0.05) is 12.6 Å². The summed E-state index contributed by atoms with van der Waals surface area (Å²) in [7, 11) is 0. The van der Waals surface area contributed by atoms with Crippen molar-refractivity contribution in [2.45, 2.75) is 58.0 Å². The molecule has 3 rings (SSSR count). The molecule has 2 aliphatic rings. The molecule has 1 heterocycles. The summed E-state index contributed by atoms with van der Waals surface area (Å²) in [6, 6.07) is 10.1. The Hall–Kier alpha value is -0.860. The van der Waals surface area contributed by atoms with Crippen LogP contribution in [0.25, 0.3) is 0 Å². The van der Waals surface area contributed by atoms with Crippen LogP contribution in [0.5, 0.6) is 0 Å². The second kappa shape index (κ2) is 7.42. The van der Waals surface area contributed by atoms with Crippen LogP contribution in [-0.4, -0.2) is 30.6 Å². The largest absolute Gasteiger partial charge is 0.314 e. The predicted molar refractivity (Wildman–Crippen MR) is 89.5 cm³/mol. The van der Waals surface area contributed by atoms with E-state index in [2.05, 4.69) is 41.4 Å². The van der Waals surface area contributed by atoms with Gasteiger partial charge in [-0.2, -0.15) is 0 Å². The summed E-state index contributed by atoms with van der Waals surface area (Å²) in [5.41, 5.74) is 2.94. The molecule has 21 heavy (non-hydrogen) atoms. The topological polar surface area (TPSA) is 15.3 Å². The molecule has 1 aliphatic heterocycles. The first-order valence-electron chi connectivity index (χ1n) is 8.87. The molecular formula is C19H30N2. The van der Waals surface area contributed by atoms with E-state index in [0.717, 1.165) is 25.0 Å². The van der Waals surface area contributed by atoms with E-state index in [1.54, 1.807) is 0 Å². The molecule has 0 aromatic heterocycles. The van der Waals surface area contributed by atoms with Gasteiger partial charge in [0.1, 0.15) is 0 Å². The van der Waals surface area contributed by atoms with Gasteiger partial charge in [0.05, 0.1) is 0 Å². The molecule has 1 aromatic carbocycles. The van der Waals surface area contributed by atoms with E-state index in [9.17, 15) is 0 Å². The van der Waals surface area contributed by atoms with Crippen molar-refractivity contribution in [1.29, 1.82) is 0 Å². The lowest BCUT2D eigenvalue weighted by molar-refractivity contribution is 0.175. The van der Waals surface area contributed by atoms with Gasteiger partial charge < -0.3 is 5.32 Å². The number of nitrogens with one attached hydrogen (secondary N) is 1. The second-order valence-electron chi connectivity index (χ2n) is 6.92. The van der Waals surface area contributed by atoms with Crippen molar-refractivity contribution in [3.8, 4) is 0 Å². The van der Waals surface area contributed by atoms with E-state index in [1.807, 2.05) is 0 Å². The van der Waals surface area contributed by atoms with Crippen molar-refractivity contribution in [2.75, 3.05) is 19.6 Å². The van der Waals surface area contributed by atoms with E-state index >= 15 is 0 Å². The third-order valence-electron chi connectivity index (χ3n) is 5.14. The van der Waals surface area contributed by atoms with Crippen molar-refractivity contribution in [2.24, 2.45) is 5.92 Å². The Balaban J connectivity index is 1.41. The fourth-order valence-electron chi connectivity index (χ4n) is 3.33. The number of likely N-dealkylation sites (tertiary alicyclic amines) is 1. The van der Waals surface area contributed by atoms with Crippen molar-refractivity contribution < 1.29 is 0 Å². The maximum absolute atomic E-state index is 3.59. The van der Waals surface area contributed by atoms with Crippen LogP contribution < -0.4 is 5.32 Å². The van der Waals surface area contributed by atoms with E-state index < -0.39 is 0 Å². The first-order valence-corrected chi connectivity index (χ1v) is 8.87. The SMILES string of the molecule is CCC1CCN(Cc2ccc(CCNC3CC3)cc2)CC1. The van der Waals surface area contributed by atoms with Crippen LogP contribution in [0.4, 0.5) is 0 Å². The van der Waals surface area contributed by atoms with Gasteiger partial charge >= 0.3 is 0 Å². The minimum absolute atomic E-state index is 0.829. The third-order valence-corrected chi connectivity index (χ3v) is 5.14. The molecule has 2 fully saturated rings. The quantitative estimate of drug-likeness (QED) is 0.824. The number of nitrogens with zero attached hydrogens (tertiary/aromatic N) is 1. The fourth-order valence-corrected chi connectivity index (χ4v) is 3.33. The lowest BCUT2D eigenvalue weighted by atomic mass is 9.94. The Morgan fingerprint density at radius 1 is 1.00 bits per heavy atom. The van der Waals surface area contributed by atoms with Crippen LogP contribution in [0.1, 0.15) is 50.2 Å². The normalized spacial score (nSPS) is 20.8. The summed E-state index contributed by atoms with van der Waals surface area (Å²) in [4.78, 5) is 2.62. The molecule has 0 amide bonds. The lowest BCUT2D eigenvalue weighted by Gasteiger charge is -2.31. The number of hydrogen-bond donors (Lipinski definition) is 1. The number of hydrogen-bond acceptors (Lipinski definition) is 2. The van der Waals surface area contributed by atoms with Crippen molar-refractivity contribution >= 4 is 0 Å². The van der Waals surface area contributed by atoms with Gasteiger partial charge in [-0.05, 0) is 68.8 Å². The molecule has 1 N–H and O–H groups in total. The number of rotatable bonds is 7. The predicted octanol–water partition coefficient (Wildman–Crippen LogP) is 3.60. The van der Waals surface area contributed by atoms with Crippen LogP contribution in [0, 0.1) is 5.92 Å². The molecule has 1 saturated heterocycles. The summed E-state index contributed by atoms with van der Waals surface area (Å²) in [5, 5.41) is 3.59. The van der Waals surface area contributed by atoms with Crippen LogP contribution in [0.15, 0.2) is 24.3 Å². The molecule has 0 atom stereocenters. The lowest BCUT2D eigenvalue weighted by Crippen LogP contribution is -2.32. The molecule has 2 heteroatoms. The second-order valence-corrected chi connectivity index (χ2v) is 6.92. The standard InChI is InChI=1S/C19H30N2/c1-2-16-10-13-21(14-11-16)15-18-5-3-17(4-6-18)9-12-20-19-7-8-19/h3-6,16,19-20H,2,7-15H2,1H3.